The Labute approximate surface area is 124 Å². The molecule has 0 amide bonds. The van der Waals surface area contributed by atoms with Crippen LogP contribution in [-0.2, 0) is 6.42 Å². The Morgan fingerprint density at radius 2 is 1.95 bits per heavy atom. The van der Waals surface area contributed by atoms with E-state index in [0.29, 0.717) is 0 Å². The Hall–Kier alpha value is -1.64. The van der Waals surface area contributed by atoms with Crippen LogP contribution in [0.25, 0.3) is 10.1 Å². The van der Waals surface area contributed by atoms with Gasteiger partial charge in [0.05, 0.1) is 0 Å². The Bertz CT molecular complexity index is 714. The van der Waals surface area contributed by atoms with Crippen LogP contribution in [0.4, 0.5) is 0 Å². The zero-order valence-corrected chi connectivity index (χ0v) is 12.5. The molecule has 0 aliphatic rings. The van der Waals surface area contributed by atoms with Gasteiger partial charge in [0.2, 0.25) is 0 Å². The molecule has 0 bridgehead atoms. The fourth-order valence-electron chi connectivity index (χ4n) is 2.65. The van der Waals surface area contributed by atoms with Crippen molar-refractivity contribution >= 4 is 21.4 Å². The highest BCUT2D eigenvalue weighted by Gasteiger charge is 2.10. The van der Waals surface area contributed by atoms with Gasteiger partial charge in [0, 0.05) is 10.7 Å². The maximum Gasteiger partial charge on any atom is 0.0390 e. The predicted octanol–water partition coefficient (Wildman–Crippen LogP) is 4.84. The highest BCUT2D eigenvalue weighted by molar-refractivity contribution is 7.17. The molecule has 0 spiro atoms. The van der Waals surface area contributed by atoms with Gasteiger partial charge in [0.25, 0.3) is 0 Å². The third-order valence-corrected chi connectivity index (χ3v) is 4.71. The van der Waals surface area contributed by atoms with Crippen LogP contribution in [0.2, 0.25) is 0 Å². The molecule has 0 saturated heterocycles. The average molecular weight is 281 g/mol. The number of hydrogen-bond acceptors (Lipinski definition) is 2. The summed E-state index contributed by atoms with van der Waals surface area (Å²) >= 11 is 1.79. The summed E-state index contributed by atoms with van der Waals surface area (Å²) in [5, 5.41) is 3.44. The van der Waals surface area contributed by atoms with Crippen molar-refractivity contribution < 1.29 is 0 Å². The first-order valence-corrected chi connectivity index (χ1v) is 7.89. The van der Waals surface area contributed by atoms with Gasteiger partial charge < -0.3 is 5.73 Å². The minimum Gasteiger partial charge on any atom is -0.324 e. The maximum atomic E-state index is 6.41. The Balaban J connectivity index is 1.76. The standard InChI is InChI=1S/C18H19NS/c1-13-4-2-5-14(12-13)8-9-17(19)16-7-3-6-15-10-11-20-18(15)16/h2-7,10-12,17H,8-9,19H2,1H3. The smallest absolute Gasteiger partial charge is 0.0390 e. The van der Waals surface area contributed by atoms with Gasteiger partial charge in [0.1, 0.15) is 0 Å². The molecular formula is C18H19NS. The molecule has 102 valence electrons. The molecule has 1 unspecified atom stereocenters. The average Bonchev–Trinajstić information content (AvgIpc) is 2.93. The first-order chi connectivity index (χ1) is 9.74. The molecule has 1 aromatic heterocycles. The lowest BCUT2D eigenvalue weighted by Crippen LogP contribution is -2.11. The number of aryl methyl sites for hydroxylation is 2. The first-order valence-electron chi connectivity index (χ1n) is 7.01. The van der Waals surface area contributed by atoms with Crippen LogP contribution in [0.5, 0.6) is 0 Å². The summed E-state index contributed by atoms with van der Waals surface area (Å²) in [5.41, 5.74) is 10.4. The van der Waals surface area contributed by atoms with Crippen molar-refractivity contribution in [3.63, 3.8) is 0 Å². The highest BCUT2D eigenvalue weighted by atomic mass is 32.1. The van der Waals surface area contributed by atoms with Gasteiger partial charge in [-0.2, -0.15) is 0 Å². The van der Waals surface area contributed by atoms with Crippen LogP contribution in [0, 0.1) is 6.92 Å². The molecule has 0 aliphatic carbocycles. The third kappa shape index (κ3) is 2.77. The topological polar surface area (TPSA) is 26.0 Å². The van der Waals surface area contributed by atoms with Crippen molar-refractivity contribution in [1.82, 2.24) is 0 Å². The molecule has 1 nitrogen and oxygen atoms in total. The monoisotopic (exact) mass is 281 g/mol. The van der Waals surface area contributed by atoms with Crippen LogP contribution >= 0.6 is 11.3 Å². The summed E-state index contributed by atoms with van der Waals surface area (Å²) in [6, 6.07) is 17.4. The van der Waals surface area contributed by atoms with Crippen molar-refractivity contribution in [3.05, 3.63) is 70.6 Å². The summed E-state index contributed by atoms with van der Waals surface area (Å²) in [7, 11) is 0. The van der Waals surface area contributed by atoms with E-state index in [1.165, 1.54) is 26.8 Å². The quantitative estimate of drug-likeness (QED) is 0.727. The van der Waals surface area contributed by atoms with Gasteiger partial charge in [-0.05, 0) is 47.7 Å². The molecule has 2 N–H and O–H groups in total. The predicted molar refractivity (Wildman–Crippen MR) is 88.3 cm³/mol. The van der Waals surface area contributed by atoms with Crippen LogP contribution in [0.3, 0.4) is 0 Å². The van der Waals surface area contributed by atoms with Gasteiger partial charge in [0.15, 0.2) is 0 Å². The van der Waals surface area contributed by atoms with Crippen molar-refractivity contribution in [2.75, 3.05) is 0 Å². The second kappa shape index (κ2) is 5.78. The van der Waals surface area contributed by atoms with Crippen LogP contribution < -0.4 is 5.73 Å². The molecule has 3 rings (SSSR count). The van der Waals surface area contributed by atoms with Crippen LogP contribution in [0.1, 0.15) is 29.2 Å². The number of rotatable bonds is 4. The third-order valence-electron chi connectivity index (χ3n) is 3.74. The molecule has 1 heterocycles. The number of hydrogen-bond donors (Lipinski definition) is 1. The lowest BCUT2D eigenvalue weighted by Gasteiger charge is -2.13. The summed E-state index contributed by atoms with van der Waals surface area (Å²) in [6.07, 6.45) is 2.02. The lowest BCUT2D eigenvalue weighted by molar-refractivity contribution is 0.656. The second-order valence-corrected chi connectivity index (χ2v) is 6.24. The summed E-state index contributed by atoms with van der Waals surface area (Å²) in [5.74, 6) is 0. The Morgan fingerprint density at radius 3 is 2.80 bits per heavy atom. The molecule has 20 heavy (non-hydrogen) atoms. The lowest BCUT2D eigenvalue weighted by atomic mass is 9.98. The Kier molecular flexibility index (Phi) is 3.86. The van der Waals surface area contributed by atoms with E-state index >= 15 is 0 Å². The van der Waals surface area contributed by atoms with Gasteiger partial charge in [-0.25, -0.2) is 0 Å². The van der Waals surface area contributed by atoms with E-state index in [1.807, 2.05) is 0 Å². The summed E-state index contributed by atoms with van der Waals surface area (Å²) in [4.78, 5) is 0. The van der Waals surface area contributed by atoms with E-state index in [2.05, 4.69) is 60.8 Å². The second-order valence-electron chi connectivity index (χ2n) is 5.32. The minimum atomic E-state index is 0.109. The van der Waals surface area contributed by atoms with Crippen molar-refractivity contribution in [2.45, 2.75) is 25.8 Å². The van der Waals surface area contributed by atoms with E-state index in [-0.39, 0.29) is 6.04 Å². The van der Waals surface area contributed by atoms with Crippen molar-refractivity contribution in [1.29, 1.82) is 0 Å². The van der Waals surface area contributed by atoms with Gasteiger partial charge >= 0.3 is 0 Å². The van der Waals surface area contributed by atoms with Crippen molar-refractivity contribution in [3.8, 4) is 0 Å². The molecule has 0 fully saturated rings. The molecule has 0 saturated carbocycles. The normalized spacial score (nSPS) is 12.7. The molecule has 2 aromatic carbocycles. The first kappa shape index (κ1) is 13.3. The number of benzene rings is 2. The minimum absolute atomic E-state index is 0.109. The van der Waals surface area contributed by atoms with Gasteiger partial charge in [-0.3, -0.25) is 0 Å². The fourth-order valence-corrected chi connectivity index (χ4v) is 3.63. The fraction of sp³-hybridized carbons (Fsp3) is 0.222. The largest absolute Gasteiger partial charge is 0.324 e. The zero-order chi connectivity index (χ0) is 13.9. The summed E-state index contributed by atoms with van der Waals surface area (Å²) in [6.45, 7) is 2.13. The van der Waals surface area contributed by atoms with Gasteiger partial charge in [-0.1, -0.05) is 48.0 Å². The van der Waals surface area contributed by atoms with E-state index in [1.54, 1.807) is 11.3 Å². The molecule has 1 atom stereocenters. The molecule has 2 heteroatoms. The number of fused-ring (bicyclic) bond motifs is 1. The van der Waals surface area contributed by atoms with Crippen LogP contribution in [-0.4, -0.2) is 0 Å². The van der Waals surface area contributed by atoms with E-state index in [4.69, 9.17) is 5.73 Å². The Morgan fingerprint density at radius 1 is 1.10 bits per heavy atom. The van der Waals surface area contributed by atoms with E-state index in [9.17, 15) is 0 Å². The zero-order valence-electron chi connectivity index (χ0n) is 11.7. The van der Waals surface area contributed by atoms with E-state index in [0.717, 1.165) is 12.8 Å². The number of thiophene rings is 1. The highest BCUT2D eigenvalue weighted by Crippen LogP contribution is 2.29. The summed E-state index contributed by atoms with van der Waals surface area (Å²) < 4.78 is 1.34. The SMILES string of the molecule is Cc1cccc(CCC(N)c2cccc3ccsc23)c1. The van der Waals surface area contributed by atoms with Gasteiger partial charge in [-0.15, -0.1) is 11.3 Å². The molecule has 0 radical (unpaired) electrons. The number of nitrogens with two attached hydrogens (primary N) is 1. The molecule has 0 aliphatic heterocycles. The molecule has 3 aromatic rings. The van der Waals surface area contributed by atoms with E-state index < -0.39 is 0 Å². The molecular weight excluding hydrogens is 262 g/mol. The maximum absolute atomic E-state index is 6.41. The van der Waals surface area contributed by atoms with Crippen LogP contribution in [0.15, 0.2) is 53.9 Å². The van der Waals surface area contributed by atoms with Crippen molar-refractivity contribution in [2.24, 2.45) is 5.73 Å².